The minimum atomic E-state index is -0.279. The smallest absolute Gasteiger partial charge is 0.193 e. The summed E-state index contributed by atoms with van der Waals surface area (Å²) in [6, 6.07) is 31.7. The zero-order chi connectivity index (χ0) is 24.5. The molecule has 172 valence electrons. The van der Waals surface area contributed by atoms with Gasteiger partial charge in [0.1, 0.15) is 0 Å². The highest BCUT2D eigenvalue weighted by Crippen LogP contribution is 2.34. The number of anilines is 2. The topological polar surface area (TPSA) is 69.1 Å². The van der Waals surface area contributed by atoms with Gasteiger partial charge in [-0.3, -0.25) is 4.79 Å². The molecule has 0 unspecified atom stereocenters. The van der Waals surface area contributed by atoms with Crippen LogP contribution < -0.4 is 11.5 Å². The average Bonchev–Trinajstić information content (AvgIpc) is 2.84. The van der Waals surface area contributed by atoms with Crippen molar-refractivity contribution in [1.29, 1.82) is 0 Å². The molecule has 0 aliphatic rings. The Balaban J connectivity index is 1.61. The second-order valence-electron chi connectivity index (χ2n) is 9.98. The predicted octanol–water partition coefficient (Wildman–Crippen LogP) is 6.73. The standard InChI is InChI=1S/C31H32N2O/c1-30(2,24-15-17-27(32)18-16-24)23-13-11-21(12-14-23)29(34)22-7-5-8-25(19-22)31(3,4)26-9-6-10-28(33)20-26/h5-20H,32-33H2,1-4H3. The summed E-state index contributed by atoms with van der Waals surface area (Å²) >= 11 is 0. The fraction of sp³-hybridized carbons (Fsp3) is 0.194. The van der Waals surface area contributed by atoms with Crippen molar-refractivity contribution < 1.29 is 4.79 Å². The number of nitrogens with two attached hydrogens (primary N) is 2. The van der Waals surface area contributed by atoms with E-state index in [2.05, 4.69) is 52.0 Å². The van der Waals surface area contributed by atoms with E-state index in [1.807, 2.05) is 72.8 Å². The molecule has 3 heteroatoms. The van der Waals surface area contributed by atoms with Crippen molar-refractivity contribution in [2.75, 3.05) is 11.5 Å². The maximum absolute atomic E-state index is 13.4. The summed E-state index contributed by atoms with van der Waals surface area (Å²) < 4.78 is 0. The molecule has 4 aromatic carbocycles. The fourth-order valence-electron chi connectivity index (χ4n) is 4.41. The van der Waals surface area contributed by atoms with Crippen LogP contribution in [0.5, 0.6) is 0 Å². The number of hydrogen-bond donors (Lipinski definition) is 2. The van der Waals surface area contributed by atoms with E-state index >= 15 is 0 Å². The first-order chi connectivity index (χ1) is 16.1. The van der Waals surface area contributed by atoms with Crippen molar-refractivity contribution in [3.63, 3.8) is 0 Å². The number of rotatable bonds is 6. The maximum Gasteiger partial charge on any atom is 0.193 e. The van der Waals surface area contributed by atoms with Crippen molar-refractivity contribution in [2.24, 2.45) is 0 Å². The Labute approximate surface area is 202 Å². The van der Waals surface area contributed by atoms with Crippen LogP contribution in [0.15, 0.2) is 97.1 Å². The quantitative estimate of drug-likeness (QED) is 0.254. The second-order valence-corrected chi connectivity index (χ2v) is 9.98. The van der Waals surface area contributed by atoms with Crippen LogP contribution in [0.1, 0.15) is 65.9 Å². The second kappa shape index (κ2) is 8.83. The van der Waals surface area contributed by atoms with Crippen LogP contribution in [0.3, 0.4) is 0 Å². The summed E-state index contributed by atoms with van der Waals surface area (Å²) in [7, 11) is 0. The van der Waals surface area contributed by atoms with Gasteiger partial charge in [0.2, 0.25) is 0 Å². The van der Waals surface area contributed by atoms with E-state index in [1.54, 1.807) is 0 Å². The maximum atomic E-state index is 13.4. The molecule has 0 spiro atoms. The summed E-state index contributed by atoms with van der Waals surface area (Å²) in [6.07, 6.45) is 0. The van der Waals surface area contributed by atoms with Crippen molar-refractivity contribution in [2.45, 2.75) is 38.5 Å². The fourth-order valence-corrected chi connectivity index (χ4v) is 4.41. The molecule has 0 heterocycles. The van der Waals surface area contributed by atoms with Crippen LogP contribution in [-0.4, -0.2) is 5.78 Å². The van der Waals surface area contributed by atoms with Crippen LogP contribution in [0.25, 0.3) is 0 Å². The molecule has 0 saturated carbocycles. The van der Waals surface area contributed by atoms with E-state index in [4.69, 9.17) is 11.5 Å². The first-order valence-corrected chi connectivity index (χ1v) is 11.6. The molecule has 3 nitrogen and oxygen atoms in total. The molecular weight excluding hydrogens is 416 g/mol. The van der Waals surface area contributed by atoms with Crippen LogP contribution in [0.4, 0.5) is 11.4 Å². The molecular formula is C31H32N2O. The van der Waals surface area contributed by atoms with Gasteiger partial charge in [-0.1, -0.05) is 94.4 Å². The Kier molecular flexibility index (Phi) is 6.05. The van der Waals surface area contributed by atoms with E-state index in [0.29, 0.717) is 11.1 Å². The van der Waals surface area contributed by atoms with E-state index in [1.165, 1.54) is 5.56 Å². The lowest BCUT2D eigenvalue weighted by atomic mass is 9.77. The van der Waals surface area contributed by atoms with Crippen LogP contribution in [-0.2, 0) is 10.8 Å². The lowest BCUT2D eigenvalue weighted by molar-refractivity contribution is 0.103. The summed E-state index contributed by atoms with van der Waals surface area (Å²) in [5.41, 5.74) is 18.7. The van der Waals surface area contributed by atoms with E-state index < -0.39 is 0 Å². The van der Waals surface area contributed by atoms with Gasteiger partial charge in [-0.2, -0.15) is 0 Å². The normalized spacial score (nSPS) is 11.9. The molecule has 0 fully saturated rings. The zero-order valence-corrected chi connectivity index (χ0v) is 20.3. The molecule has 0 radical (unpaired) electrons. The minimum absolute atomic E-state index is 0.0158. The Hall–Kier alpha value is -3.85. The van der Waals surface area contributed by atoms with Gasteiger partial charge in [0.15, 0.2) is 5.78 Å². The van der Waals surface area contributed by atoms with Gasteiger partial charge in [-0.25, -0.2) is 0 Å². The molecule has 4 aromatic rings. The number of ketones is 1. The third kappa shape index (κ3) is 4.47. The lowest BCUT2D eigenvalue weighted by Gasteiger charge is -2.27. The average molecular weight is 449 g/mol. The van der Waals surface area contributed by atoms with Gasteiger partial charge in [-0.05, 0) is 52.6 Å². The highest BCUT2D eigenvalue weighted by atomic mass is 16.1. The first kappa shape index (κ1) is 23.3. The van der Waals surface area contributed by atoms with Gasteiger partial charge >= 0.3 is 0 Å². The third-order valence-corrected chi connectivity index (χ3v) is 6.96. The van der Waals surface area contributed by atoms with Gasteiger partial charge in [-0.15, -0.1) is 0 Å². The van der Waals surface area contributed by atoms with Crippen molar-refractivity contribution in [1.82, 2.24) is 0 Å². The van der Waals surface area contributed by atoms with Gasteiger partial charge in [0, 0.05) is 33.3 Å². The highest BCUT2D eigenvalue weighted by Gasteiger charge is 2.25. The SMILES string of the molecule is CC(C)(c1ccc(N)cc1)c1ccc(C(=O)c2cccc(C(C)(C)c3cccc(N)c3)c2)cc1. The van der Waals surface area contributed by atoms with Gasteiger partial charge < -0.3 is 11.5 Å². The molecule has 0 amide bonds. The molecule has 0 aliphatic carbocycles. The largest absolute Gasteiger partial charge is 0.399 e. The van der Waals surface area contributed by atoms with Crippen molar-refractivity contribution in [3.05, 3.63) is 130 Å². The molecule has 4 rings (SSSR count). The number of nitrogen functional groups attached to an aromatic ring is 2. The Morgan fingerprint density at radius 3 is 1.62 bits per heavy atom. The monoisotopic (exact) mass is 448 g/mol. The Morgan fingerprint density at radius 2 is 1.03 bits per heavy atom. The zero-order valence-electron chi connectivity index (χ0n) is 20.3. The van der Waals surface area contributed by atoms with E-state index in [9.17, 15) is 4.79 Å². The number of benzene rings is 4. The summed E-state index contributed by atoms with van der Waals surface area (Å²) in [5, 5.41) is 0. The lowest BCUT2D eigenvalue weighted by Crippen LogP contribution is -2.20. The number of carbonyl (C=O) groups excluding carboxylic acids is 1. The van der Waals surface area contributed by atoms with Crippen molar-refractivity contribution >= 4 is 17.2 Å². The minimum Gasteiger partial charge on any atom is -0.399 e. The Bertz CT molecular complexity index is 1320. The molecule has 0 bridgehead atoms. The van der Waals surface area contributed by atoms with Crippen LogP contribution >= 0.6 is 0 Å². The number of carbonyl (C=O) groups is 1. The predicted molar refractivity (Wildman–Crippen MR) is 142 cm³/mol. The molecule has 4 N–H and O–H groups in total. The summed E-state index contributed by atoms with van der Waals surface area (Å²) in [4.78, 5) is 13.4. The molecule has 0 atom stereocenters. The Morgan fingerprint density at radius 1 is 0.529 bits per heavy atom. The third-order valence-electron chi connectivity index (χ3n) is 6.96. The van der Waals surface area contributed by atoms with Crippen molar-refractivity contribution in [3.8, 4) is 0 Å². The summed E-state index contributed by atoms with van der Waals surface area (Å²) in [6.45, 7) is 8.66. The molecule has 0 aromatic heterocycles. The number of hydrogen-bond acceptors (Lipinski definition) is 3. The molecule has 0 aliphatic heterocycles. The molecule has 0 saturated heterocycles. The van der Waals surface area contributed by atoms with E-state index in [0.717, 1.165) is 28.1 Å². The van der Waals surface area contributed by atoms with Gasteiger partial charge in [0.25, 0.3) is 0 Å². The van der Waals surface area contributed by atoms with Gasteiger partial charge in [0.05, 0.1) is 0 Å². The van der Waals surface area contributed by atoms with Crippen LogP contribution in [0.2, 0.25) is 0 Å². The highest BCUT2D eigenvalue weighted by molar-refractivity contribution is 6.09. The first-order valence-electron chi connectivity index (χ1n) is 11.6. The van der Waals surface area contributed by atoms with Crippen LogP contribution in [0, 0.1) is 0 Å². The molecule has 34 heavy (non-hydrogen) atoms. The summed E-state index contributed by atoms with van der Waals surface area (Å²) in [5.74, 6) is 0.0158. The van der Waals surface area contributed by atoms with E-state index in [-0.39, 0.29) is 16.6 Å².